The lowest BCUT2D eigenvalue weighted by atomic mass is 9.92. The van der Waals surface area contributed by atoms with Crippen LogP contribution >= 0.6 is 0 Å². The molecule has 1 unspecified atom stereocenters. The summed E-state index contributed by atoms with van der Waals surface area (Å²) in [5.41, 5.74) is -1.29. The summed E-state index contributed by atoms with van der Waals surface area (Å²) >= 11 is 0. The Labute approximate surface area is 109 Å². The minimum Gasteiger partial charge on any atom is -0.388 e. The fourth-order valence-corrected chi connectivity index (χ4v) is 2.75. The van der Waals surface area contributed by atoms with E-state index in [1.165, 1.54) is 0 Å². The zero-order valence-corrected chi connectivity index (χ0v) is 10.4. The van der Waals surface area contributed by atoms with Gasteiger partial charge >= 0.3 is 6.18 Å². The summed E-state index contributed by atoms with van der Waals surface area (Å²) in [5.74, 6) is -0.676. The molecule has 1 N–H and O–H groups in total. The molecule has 1 aliphatic carbocycles. The smallest absolute Gasteiger partial charge is 0.388 e. The standard InChI is InChI=1S/C14H16F4O/c15-10-5-6-11(12(8-10)14(16,17)18)13(19)7-9-3-1-2-4-9/h5-6,8-9,13,19H,1-4,7H2. The summed E-state index contributed by atoms with van der Waals surface area (Å²) in [4.78, 5) is 0. The molecule has 0 aromatic heterocycles. The van der Waals surface area contributed by atoms with E-state index in [1.807, 2.05) is 0 Å². The molecule has 106 valence electrons. The second kappa shape index (κ2) is 5.49. The van der Waals surface area contributed by atoms with E-state index in [2.05, 4.69) is 0 Å². The van der Waals surface area contributed by atoms with Crippen LogP contribution in [0.5, 0.6) is 0 Å². The van der Waals surface area contributed by atoms with Gasteiger partial charge in [0.15, 0.2) is 0 Å². The monoisotopic (exact) mass is 276 g/mol. The minimum absolute atomic E-state index is 0.221. The zero-order valence-electron chi connectivity index (χ0n) is 10.4. The number of hydrogen-bond acceptors (Lipinski definition) is 1. The lowest BCUT2D eigenvalue weighted by Gasteiger charge is -2.20. The molecule has 1 aromatic rings. The topological polar surface area (TPSA) is 20.2 Å². The van der Waals surface area contributed by atoms with Crippen LogP contribution in [0.4, 0.5) is 17.6 Å². The number of alkyl halides is 3. The molecule has 1 aromatic carbocycles. The predicted molar refractivity (Wildman–Crippen MR) is 62.9 cm³/mol. The molecule has 0 spiro atoms. The van der Waals surface area contributed by atoms with Crippen molar-refractivity contribution < 1.29 is 22.7 Å². The maximum absolute atomic E-state index is 13.0. The minimum atomic E-state index is -4.64. The van der Waals surface area contributed by atoms with E-state index in [9.17, 15) is 22.7 Å². The van der Waals surface area contributed by atoms with Crippen molar-refractivity contribution in [3.05, 3.63) is 35.1 Å². The van der Waals surface area contributed by atoms with Crippen molar-refractivity contribution in [2.45, 2.75) is 44.4 Å². The van der Waals surface area contributed by atoms with Crippen molar-refractivity contribution in [1.29, 1.82) is 0 Å². The Hall–Kier alpha value is -1.10. The number of hydrogen-bond donors (Lipinski definition) is 1. The Morgan fingerprint density at radius 3 is 2.42 bits per heavy atom. The second-order valence-corrected chi connectivity index (χ2v) is 5.13. The molecule has 1 saturated carbocycles. The van der Waals surface area contributed by atoms with Crippen molar-refractivity contribution in [2.75, 3.05) is 0 Å². The van der Waals surface area contributed by atoms with E-state index < -0.39 is 23.7 Å². The van der Waals surface area contributed by atoms with Crippen LogP contribution in [0.2, 0.25) is 0 Å². The maximum Gasteiger partial charge on any atom is 0.416 e. The summed E-state index contributed by atoms with van der Waals surface area (Å²) < 4.78 is 51.4. The van der Waals surface area contributed by atoms with Crippen molar-refractivity contribution in [3.8, 4) is 0 Å². The van der Waals surface area contributed by atoms with Gasteiger partial charge in [-0.15, -0.1) is 0 Å². The molecule has 0 bridgehead atoms. The predicted octanol–water partition coefficient (Wildman–Crippen LogP) is 4.46. The molecule has 1 atom stereocenters. The summed E-state index contributed by atoms with van der Waals surface area (Å²) in [7, 11) is 0. The van der Waals surface area contributed by atoms with Gasteiger partial charge < -0.3 is 5.11 Å². The fraction of sp³-hybridized carbons (Fsp3) is 0.571. The molecule has 19 heavy (non-hydrogen) atoms. The number of benzene rings is 1. The zero-order chi connectivity index (χ0) is 14.0. The van der Waals surface area contributed by atoms with Gasteiger partial charge in [0.1, 0.15) is 5.82 Å². The molecule has 5 heteroatoms. The van der Waals surface area contributed by atoms with E-state index in [0.717, 1.165) is 37.8 Å². The average molecular weight is 276 g/mol. The molecular formula is C14H16F4O. The fourth-order valence-electron chi connectivity index (χ4n) is 2.75. The first-order valence-electron chi connectivity index (χ1n) is 6.42. The van der Waals surface area contributed by atoms with E-state index in [0.29, 0.717) is 12.5 Å². The van der Waals surface area contributed by atoms with Gasteiger partial charge in [-0.2, -0.15) is 13.2 Å². The van der Waals surface area contributed by atoms with Gasteiger partial charge in [-0.1, -0.05) is 31.7 Å². The van der Waals surface area contributed by atoms with Crippen molar-refractivity contribution in [2.24, 2.45) is 5.92 Å². The molecule has 1 nitrogen and oxygen atoms in total. The van der Waals surface area contributed by atoms with Gasteiger partial charge in [-0.3, -0.25) is 0 Å². The van der Waals surface area contributed by atoms with Crippen LogP contribution in [-0.2, 0) is 6.18 Å². The van der Waals surface area contributed by atoms with Crippen LogP contribution in [0.1, 0.15) is 49.3 Å². The van der Waals surface area contributed by atoms with Crippen LogP contribution < -0.4 is 0 Å². The number of halogens is 4. The summed E-state index contributed by atoms with van der Waals surface area (Å²) in [5, 5.41) is 9.99. The molecule has 0 radical (unpaired) electrons. The lowest BCUT2D eigenvalue weighted by Crippen LogP contribution is -2.14. The van der Waals surface area contributed by atoms with Crippen LogP contribution in [0.25, 0.3) is 0 Å². The second-order valence-electron chi connectivity index (χ2n) is 5.13. The number of aliphatic hydroxyl groups excluding tert-OH is 1. The molecular weight excluding hydrogens is 260 g/mol. The van der Waals surface area contributed by atoms with Crippen LogP contribution in [0, 0.1) is 11.7 Å². The van der Waals surface area contributed by atoms with E-state index in [1.54, 1.807) is 0 Å². The first-order chi connectivity index (χ1) is 8.88. The lowest BCUT2D eigenvalue weighted by molar-refractivity contribution is -0.139. The molecule has 2 rings (SSSR count). The Bertz CT molecular complexity index is 436. The number of aliphatic hydroxyl groups is 1. The SMILES string of the molecule is OC(CC1CCCC1)c1ccc(F)cc1C(F)(F)F. The van der Waals surface area contributed by atoms with Gasteiger partial charge in [0.05, 0.1) is 11.7 Å². The van der Waals surface area contributed by atoms with Gasteiger partial charge in [0, 0.05) is 0 Å². The number of rotatable bonds is 3. The van der Waals surface area contributed by atoms with Crippen LogP contribution in [-0.4, -0.2) is 5.11 Å². The van der Waals surface area contributed by atoms with E-state index in [-0.39, 0.29) is 11.5 Å². The first-order valence-corrected chi connectivity index (χ1v) is 6.42. The molecule has 0 aliphatic heterocycles. The van der Waals surface area contributed by atoms with Crippen molar-refractivity contribution in [1.82, 2.24) is 0 Å². The molecule has 1 aliphatic rings. The van der Waals surface area contributed by atoms with Crippen molar-refractivity contribution in [3.63, 3.8) is 0 Å². The van der Waals surface area contributed by atoms with Gasteiger partial charge in [0.25, 0.3) is 0 Å². The summed E-state index contributed by atoms with van der Waals surface area (Å²) in [6.45, 7) is 0. The largest absolute Gasteiger partial charge is 0.416 e. The van der Waals surface area contributed by atoms with Crippen molar-refractivity contribution >= 4 is 0 Å². The molecule has 0 saturated heterocycles. The Balaban J connectivity index is 2.22. The molecule has 1 fully saturated rings. The third kappa shape index (κ3) is 3.47. The third-order valence-corrected chi connectivity index (χ3v) is 3.71. The van der Waals surface area contributed by atoms with Crippen LogP contribution in [0.3, 0.4) is 0 Å². The van der Waals surface area contributed by atoms with E-state index in [4.69, 9.17) is 0 Å². The highest BCUT2D eigenvalue weighted by molar-refractivity contribution is 5.32. The molecule has 0 amide bonds. The first kappa shape index (κ1) is 14.3. The highest BCUT2D eigenvalue weighted by Crippen LogP contribution is 2.39. The highest BCUT2D eigenvalue weighted by atomic mass is 19.4. The van der Waals surface area contributed by atoms with E-state index >= 15 is 0 Å². The quantitative estimate of drug-likeness (QED) is 0.808. The normalized spacial score (nSPS) is 18.8. The van der Waals surface area contributed by atoms with Crippen LogP contribution in [0.15, 0.2) is 18.2 Å². The summed E-state index contributed by atoms with van der Waals surface area (Å²) in [6, 6.07) is 2.45. The van der Waals surface area contributed by atoms with Gasteiger partial charge in [-0.25, -0.2) is 4.39 Å². The highest BCUT2D eigenvalue weighted by Gasteiger charge is 2.36. The van der Waals surface area contributed by atoms with Gasteiger partial charge in [0.2, 0.25) is 0 Å². The third-order valence-electron chi connectivity index (χ3n) is 3.71. The maximum atomic E-state index is 13.0. The Morgan fingerprint density at radius 1 is 1.21 bits per heavy atom. The Kier molecular flexibility index (Phi) is 4.13. The Morgan fingerprint density at radius 2 is 1.84 bits per heavy atom. The summed E-state index contributed by atoms with van der Waals surface area (Å²) in [6.07, 6.45) is -1.50. The molecule has 0 heterocycles. The van der Waals surface area contributed by atoms with Gasteiger partial charge in [-0.05, 0) is 30.0 Å². The average Bonchev–Trinajstić information content (AvgIpc) is 2.80.